The van der Waals surface area contributed by atoms with Gasteiger partial charge < -0.3 is 15.3 Å². The second-order valence-electron chi connectivity index (χ2n) is 6.39. The summed E-state index contributed by atoms with van der Waals surface area (Å²) in [6.45, 7) is 2.20. The first kappa shape index (κ1) is 21.4. The molecule has 0 amide bonds. The van der Waals surface area contributed by atoms with E-state index in [4.69, 9.17) is 5.11 Å². The number of carboxylic acids is 1. The average Bonchev–Trinajstić information content (AvgIpc) is 2.49. The lowest BCUT2D eigenvalue weighted by molar-refractivity contribution is -0.137. The van der Waals surface area contributed by atoms with Gasteiger partial charge in [-0.15, -0.1) is 0 Å². The van der Waals surface area contributed by atoms with Gasteiger partial charge in [0.25, 0.3) is 0 Å². The maximum Gasteiger partial charge on any atom is 0.303 e. The second kappa shape index (κ2) is 15.3. The summed E-state index contributed by atoms with van der Waals surface area (Å²) in [5.41, 5.74) is 0. The Morgan fingerprint density at radius 2 is 1.14 bits per heavy atom. The van der Waals surface area contributed by atoms with Crippen molar-refractivity contribution in [1.29, 1.82) is 0 Å². The molecule has 2 atom stereocenters. The molecule has 4 heteroatoms. The lowest BCUT2D eigenvalue weighted by Crippen LogP contribution is -2.25. The Bertz CT molecular complexity index is 255. The Hall–Kier alpha value is -0.610. The number of rotatable bonds is 16. The fourth-order valence-corrected chi connectivity index (χ4v) is 2.68. The van der Waals surface area contributed by atoms with Gasteiger partial charge in [0.1, 0.15) is 0 Å². The Labute approximate surface area is 135 Å². The zero-order valence-corrected chi connectivity index (χ0v) is 14.3. The quantitative estimate of drug-likeness (QED) is 0.371. The van der Waals surface area contributed by atoms with E-state index in [-0.39, 0.29) is 6.42 Å². The molecule has 0 unspecified atom stereocenters. The van der Waals surface area contributed by atoms with Crippen LogP contribution in [-0.4, -0.2) is 33.5 Å². The van der Waals surface area contributed by atoms with E-state index in [9.17, 15) is 15.0 Å². The van der Waals surface area contributed by atoms with E-state index in [1.165, 1.54) is 25.7 Å². The molecule has 0 aromatic rings. The van der Waals surface area contributed by atoms with Gasteiger partial charge in [-0.25, -0.2) is 0 Å². The van der Waals surface area contributed by atoms with Crippen molar-refractivity contribution in [2.24, 2.45) is 0 Å². The molecule has 0 aliphatic heterocycles. The number of aliphatic hydroxyl groups excluding tert-OH is 2. The number of aliphatic hydroxyl groups is 2. The summed E-state index contributed by atoms with van der Waals surface area (Å²) in [5, 5.41) is 28.3. The first-order valence-electron chi connectivity index (χ1n) is 9.15. The molecule has 22 heavy (non-hydrogen) atoms. The van der Waals surface area contributed by atoms with Gasteiger partial charge in [0.2, 0.25) is 0 Å². The first-order valence-corrected chi connectivity index (χ1v) is 9.15. The van der Waals surface area contributed by atoms with Crippen LogP contribution in [0.15, 0.2) is 0 Å². The Kier molecular flexibility index (Phi) is 14.9. The molecule has 0 spiro atoms. The molecule has 0 heterocycles. The van der Waals surface area contributed by atoms with Crippen molar-refractivity contribution in [2.75, 3.05) is 0 Å². The van der Waals surface area contributed by atoms with E-state index in [1.54, 1.807) is 0 Å². The Morgan fingerprint density at radius 1 is 0.727 bits per heavy atom. The third kappa shape index (κ3) is 14.3. The van der Waals surface area contributed by atoms with Crippen LogP contribution in [0.2, 0.25) is 0 Å². The molecular weight excluding hydrogens is 280 g/mol. The van der Waals surface area contributed by atoms with E-state index in [2.05, 4.69) is 6.92 Å². The lowest BCUT2D eigenvalue weighted by Gasteiger charge is -2.17. The Morgan fingerprint density at radius 3 is 1.59 bits per heavy atom. The summed E-state index contributed by atoms with van der Waals surface area (Å²) in [4.78, 5) is 10.4. The molecular formula is C18H36O4. The molecule has 3 N–H and O–H groups in total. The summed E-state index contributed by atoms with van der Waals surface area (Å²) in [6.07, 6.45) is 12.2. The fourth-order valence-electron chi connectivity index (χ4n) is 2.68. The van der Waals surface area contributed by atoms with Crippen LogP contribution in [0.5, 0.6) is 0 Å². The van der Waals surface area contributed by atoms with Crippen LogP contribution in [0.25, 0.3) is 0 Å². The van der Waals surface area contributed by atoms with Crippen molar-refractivity contribution in [3.8, 4) is 0 Å². The largest absolute Gasteiger partial charge is 0.481 e. The zero-order valence-electron chi connectivity index (χ0n) is 14.3. The summed E-state index contributed by atoms with van der Waals surface area (Å²) in [6, 6.07) is 0. The maximum absolute atomic E-state index is 10.4. The number of carboxylic acid groups (broad SMARTS) is 1. The third-order valence-electron chi connectivity index (χ3n) is 4.19. The molecule has 0 bridgehead atoms. The number of hydrogen-bond donors (Lipinski definition) is 3. The van der Waals surface area contributed by atoms with Gasteiger partial charge >= 0.3 is 5.97 Å². The van der Waals surface area contributed by atoms with Crippen LogP contribution in [0.3, 0.4) is 0 Å². The number of carbonyl (C=O) groups is 1. The number of unbranched alkanes of at least 4 members (excludes halogenated alkanes) is 9. The molecule has 0 aliphatic carbocycles. The minimum Gasteiger partial charge on any atom is -0.481 e. The monoisotopic (exact) mass is 316 g/mol. The number of hydrogen-bond acceptors (Lipinski definition) is 3. The van der Waals surface area contributed by atoms with Gasteiger partial charge in [-0.2, -0.15) is 0 Å². The van der Waals surface area contributed by atoms with Crippen molar-refractivity contribution in [3.05, 3.63) is 0 Å². The summed E-state index contributed by atoms with van der Waals surface area (Å²) in [7, 11) is 0. The van der Waals surface area contributed by atoms with Gasteiger partial charge in [-0.1, -0.05) is 71.1 Å². The van der Waals surface area contributed by atoms with Gasteiger partial charge in [0.15, 0.2) is 0 Å². The van der Waals surface area contributed by atoms with Crippen molar-refractivity contribution >= 4 is 5.97 Å². The minimum absolute atomic E-state index is 0.250. The lowest BCUT2D eigenvalue weighted by atomic mass is 9.99. The van der Waals surface area contributed by atoms with Crippen LogP contribution in [0.1, 0.15) is 96.8 Å². The predicted octanol–water partition coefficient (Wildman–Crippen LogP) is 4.27. The molecule has 0 aromatic carbocycles. The highest BCUT2D eigenvalue weighted by Gasteiger charge is 2.15. The van der Waals surface area contributed by atoms with Gasteiger partial charge in [0.05, 0.1) is 12.2 Å². The van der Waals surface area contributed by atoms with Gasteiger partial charge in [-0.3, -0.25) is 4.79 Å². The van der Waals surface area contributed by atoms with Crippen molar-refractivity contribution < 1.29 is 20.1 Å². The molecule has 0 fully saturated rings. The molecule has 0 rings (SSSR count). The van der Waals surface area contributed by atoms with Crippen LogP contribution < -0.4 is 0 Å². The molecule has 132 valence electrons. The topological polar surface area (TPSA) is 77.8 Å². The standard InChI is InChI=1S/C18H36O4/c1-2-3-4-5-7-10-13-16(19)17(20)14-11-8-6-9-12-15-18(21)22/h16-17,19-20H,2-15H2,1H3,(H,21,22)/t16-,17+/m1/s1. The highest BCUT2D eigenvalue weighted by atomic mass is 16.4. The van der Waals surface area contributed by atoms with E-state index in [1.807, 2.05) is 0 Å². The smallest absolute Gasteiger partial charge is 0.303 e. The van der Waals surface area contributed by atoms with Crippen LogP contribution in [0, 0.1) is 0 Å². The summed E-state index contributed by atoms with van der Waals surface area (Å²) < 4.78 is 0. The molecule has 0 aliphatic rings. The van der Waals surface area contributed by atoms with Crippen molar-refractivity contribution in [3.63, 3.8) is 0 Å². The van der Waals surface area contributed by atoms with Crippen LogP contribution in [-0.2, 0) is 4.79 Å². The van der Waals surface area contributed by atoms with Crippen molar-refractivity contribution in [2.45, 2.75) is 109 Å². The molecule has 0 radical (unpaired) electrons. The second-order valence-corrected chi connectivity index (χ2v) is 6.39. The van der Waals surface area contributed by atoms with Crippen LogP contribution >= 0.6 is 0 Å². The Balaban J connectivity index is 3.38. The molecule has 0 saturated heterocycles. The predicted molar refractivity (Wildman–Crippen MR) is 90.0 cm³/mol. The fraction of sp³-hybridized carbons (Fsp3) is 0.944. The summed E-state index contributed by atoms with van der Waals surface area (Å²) >= 11 is 0. The van der Waals surface area contributed by atoms with E-state index in [0.717, 1.165) is 44.9 Å². The number of aliphatic carboxylic acids is 1. The van der Waals surface area contributed by atoms with Gasteiger partial charge in [-0.05, 0) is 19.3 Å². The van der Waals surface area contributed by atoms with Crippen LogP contribution in [0.4, 0.5) is 0 Å². The van der Waals surface area contributed by atoms with Gasteiger partial charge in [0, 0.05) is 6.42 Å². The SMILES string of the molecule is CCCCCCCC[C@@H](O)[C@@H](O)CCCCCCCC(=O)O. The summed E-state index contributed by atoms with van der Waals surface area (Å²) in [5.74, 6) is -0.728. The van der Waals surface area contributed by atoms with E-state index < -0.39 is 18.2 Å². The third-order valence-corrected chi connectivity index (χ3v) is 4.19. The molecule has 4 nitrogen and oxygen atoms in total. The van der Waals surface area contributed by atoms with Crippen molar-refractivity contribution in [1.82, 2.24) is 0 Å². The van der Waals surface area contributed by atoms with E-state index in [0.29, 0.717) is 12.8 Å². The zero-order chi connectivity index (χ0) is 16.6. The van der Waals surface area contributed by atoms with E-state index >= 15 is 0 Å². The average molecular weight is 316 g/mol. The maximum atomic E-state index is 10.4. The minimum atomic E-state index is -0.728. The molecule has 0 aromatic heterocycles. The highest BCUT2D eigenvalue weighted by molar-refractivity contribution is 5.66. The molecule has 0 saturated carbocycles. The highest BCUT2D eigenvalue weighted by Crippen LogP contribution is 2.15. The first-order chi connectivity index (χ1) is 10.6. The normalized spacial score (nSPS) is 14.0.